The van der Waals surface area contributed by atoms with Crippen LogP contribution in [0, 0.1) is 23.7 Å². The van der Waals surface area contributed by atoms with Crippen LogP contribution in [-0.4, -0.2) is 9.97 Å². The molecule has 136 valence electrons. The summed E-state index contributed by atoms with van der Waals surface area (Å²) in [6.07, 6.45) is 0. The smallest absolute Gasteiger partial charge is 0.224 e. The number of aromatic nitrogens is 2. The molecule has 0 fully saturated rings. The summed E-state index contributed by atoms with van der Waals surface area (Å²) in [5.74, 6) is -0.305. The van der Waals surface area contributed by atoms with Gasteiger partial charge in [-0.1, -0.05) is 60.7 Å². The van der Waals surface area contributed by atoms with E-state index < -0.39 is 5.82 Å². The third kappa shape index (κ3) is 3.58. The van der Waals surface area contributed by atoms with Crippen LogP contribution in [0.2, 0.25) is 0 Å². The zero-order chi connectivity index (χ0) is 20.2. The van der Waals surface area contributed by atoms with Crippen molar-refractivity contribution in [2.75, 3.05) is 0 Å². The van der Waals surface area contributed by atoms with E-state index in [1.807, 2.05) is 66.7 Å². The highest BCUT2D eigenvalue weighted by molar-refractivity contribution is 5.75. The fourth-order valence-electron chi connectivity index (χ4n) is 2.99. The molecule has 3 aromatic carbocycles. The van der Waals surface area contributed by atoms with E-state index in [9.17, 15) is 9.65 Å². The Morgan fingerprint density at radius 3 is 1.97 bits per heavy atom. The minimum absolute atomic E-state index is 0.186. The minimum Gasteiger partial charge on any atom is -0.235 e. The van der Waals surface area contributed by atoms with Crippen molar-refractivity contribution in [3.8, 4) is 40.0 Å². The van der Waals surface area contributed by atoms with Gasteiger partial charge in [0, 0.05) is 11.1 Å². The highest BCUT2D eigenvalue weighted by Crippen LogP contribution is 2.32. The van der Waals surface area contributed by atoms with Gasteiger partial charge in [-0.2, -0.15) is 5.26 Å². The minimum atomic E-state index is -0.813. The second kappa shape index (κ2) is 7.72. The average Bonchev–Trinajstić information content (AvgIpc) is 2.80. The lowest BCUT2D eigenvalue weighted by Gasteiger charge is -2.10. The second-order valence-corrected chi connectivity index (χ2v) is 6.27. The molecule has 0 unspecified atom stereocenters. The molecule has 0 aliphatic heterocycles. The molecule has 1 heterocycles. The summed E-state index contributed by atoms with van der Waals surface area (Å²) >= 11 is 0. The number of halogens is 1. The summed E-state index contributed by atoms with van der Waals surface area (Å²) < 4.78 is 14.2. The molecule has 1 aromatic heterocycles. The van der Waals surface area contributed by atoms with Gasteiger partial charge in [0.1, 0.15) is 11.9 Å². The van der Waals surface area contributed by atoms with E-state index in [4.69, 9.17) is 11.6 Å². The summed E-state index contributed by atoms with van der Waals surface area (Å²) in [5, 5.41) is 9.25. The molecule has 0 saturated carbocycles. The van der Waals surface area contributed by atoms with Gasteiger partial charge in [0.15, 0.2) is 5.82 Å². The topological polar surface area (TPSA) is 53.9 Å². The summed E-state index contributed by atoms with van der Waals surface area (Å²) in [6, 6.07) is 25.6. The Kier molecular flexibility index (Phi) is 4.80. The molecule has 0 N–H and O–H groups in total. The Morgan fingerprint density at radius 1 is 0.793 bits per heavy atom. The molecule has 0 aliphatic rings. The summed E-state index contributed by atoms with van der Waals surface area (Å²) in [7, 11) is 0. The molecular weight excluding hydrogens is 363 g/mol. The van der Waals surface area contributed by atoms with Gasteiger partial charge >= 0.3 is 0 Å². The maximum Gasteiger partial charge on any atom is 0.224 e. The predicted molar refractivity (Wildman–Crippen MR) is 109 cm³/mol. The number of hydrogen-bond donors (Lipinski definition) is 0. The van der Waals surface area contributed by atoms with Crippen molar-refractivity contribution in [2.24, 2.45) is 0 Å². The molecule has 0 bridgehead atoms. The Balaban J connectivity index is 1.97. The fraction of sp³-hybridized carbons (Fsp3) is 0. The molecule has 5 heteroatoms. The molecule has 4 rings (SSSR count). The zero-order valence-electron chi connectivity index (χ0n) is 15.2. The Bertz CT molecular complexity index is 1180. The molecular formula is C24H13FN4. The average molecular weight is 376 g/mol. The van der Waals surface area contributed by atoms with Crippen LogP contribution in [-0.2, 0) is 0 Å². The van der Waals surface area contributed by atoms with E-state index in [1.54, 1.807) is 6.07 Å². The van der Waals surface area contributed by atoms with Gasteiger partial charge in [0.05, 0.1) is 23.5 Å². The molecule has 0 aliphatic carbocycles. The summed E-state index contributed by atoms with van der Waals surface area (Å²) in [4.78, 5) is 12.5. The van der Waals surface area contributed by atoms with Crippen LogP contribution in [0.4, 0.5) is 10.1 Å². The monoisotopic (exact) mass is 376 g/mol. The van der Waals surface area contributed by atoms with Crippen molar-refractivity contribution < 1.29 is 4.39 Å². The molecule has 0 spiro atoms. The molecule has 0 saturated heterocycles. The van der Waals surface area contributed by atoms with Crippen LogP contribution >= 0.6 is 0 Å². The second-order valence-electron chi connectivity index (χ2n) is 6.27. The molecule has 0 atom stereocenters. The third-order valence-electron chi connectivity index (χ3n) is 4.42. The number of hydrogen-bond acceptors (Lipinski definition) is 3. The van der Waals surface area contributed by atoms with Crippen molar-refractivity contribution >= 4 is 5.69 Å². The molecule has 0 amide bonds. The first-order valence-corrected chi connectivity index (χ1v) is 8.81. The molecule has 4 aromatic rings. The van der Waals surface area contributed by atoms with Crippen molar-refractivity contribution in [3.05, 3.63) is 102 Å². The lowest BCUT2D eigenvalue weighted by Crippen LogP contribution is -1.96. The van der Waals surface area contributed by atoms with Crippen LogP contribution in [0.15, 0.2) is 78.9 Å². The van der Waals surface area contributed by atoms with E-state index in [0.29, 0.717) is 22.8 Å². The Morgan fingerprint density at radius 2 is 1.38 bits per heavy atom. The van der Waals surface area contributed by atoms with E-state index in [2.05, 4.69) is 9.83 Å². The van der Waals surface area contributed by atoms with Gasteiger partial charge in [-0.3, -0.25) is 0 Å². The standard InChI is InChI=1S/C24H13FN4/c1-27-22-13-18(12-19(15-26)23(22)25)21-14-20(16-8-4-2-5-9-16)28-24(29-21)17-10-6-3-7-11-17/h2-14H. The highest BCUT2D eigenvalue weighted by Gasteiger charge is 2.15. The van der Waals surface area contributed by atoms with E-state index in [-0.39, 0.29) is 11.3 Å². The number of nitrogens with zero attached hydrogens (tertiary/aromatic N) is 4. The highest BCUT2D eigenvalue weighted by atomic mass is 19.1. The van der Waals surface area contributed by atoms with Gasteiger partial charge in [-0.25, -0.2) is 19.2 Å². The Labute approximate surface area is 167 Å². The van der Waals surface area contributed by atoms with Crippen molar-refractivity contribution in [1.29, 1.82) is 5.26 Å². The number of rotatable bonds is 3. The SMILES string of the molecule is [C-]#[N+]c1cc(-c2cc(-c3ccccc3)nc(-c3ccccc3)n2)cc(C#N)c1F. The molecule has 4 nitrogen and oxygen atoms in total. The quantitative estimate of drug-likeness (QED) is 0.410. The largest absolute Gasteiger partial charge is 0.235 e. The maximum atomic E-state index is 14.2. The van der Waals surface area contributed by atoms with Crippen molar-refractivity contribution in [1.82, 2.24) is 9.97 Å². The number of benzene rings is 3. The third-order valence-corrected chi connectivity index (χ3v) is 4.42. The first kappa shape index (κ1) is 18.0. The van der Waals surface area contributed by atoms with Crippen LogP contribution in [0.5, 0.6) is 0 Å². The normalized spacial score (nSPS) is 10.2. The van der Waals surface area contributed by atoms with Gasteiger partial charge < -0.3 is 0 Å². The van der Waals surface area contributed by atoms with E-state index in [0.717, 1.165) is 11.1 Å². The fourth-order valence-corrected chi connectivity index (χ4v) is 2.99. The van der Waals surface area contributed by atoms with E-state index >= 15 is 0 Å². The van der Waals surface area contributed by atoms with Crippen molar-refractivity contribution in [3.63, 3.8) is 0 Å². The van der Waals surface area contributed by atoms with Crippen LogP contribution in [0.1, 0.15) is 5.56 Å². The molecule has 0 radical (unpaired) electrons. The lowest BCUT2D eigenvalue weighted by atomic mass is 10.0. The van der Waals surface area contributed by atoms with Crippen LogP contribution < -0.4 is 0 Å². The summed E-state index contributed by atoms with van der Waals surface area (Å²) in [6.45, 7) is 7.21. The zero-order valence-corrected chi connectivity index (χ0v) is 15.2. The summed E-state index contributed by atoms with van der Waals surface area (Å²) in [5.41, 5.74) is 3.04. The molecule has 29 heavy (non-hydrogen) atoms. The van der Waals surface area contributed by atoms with Gasteiger partial charge in [0.25, 0.3) is 0 Å². The first-order valence-electron chi connectivity index (χ1n) is 8.81. The lowest BCUT2D eigenvalue weighted by molar-refractivity contribution is 0.630. The van der Waals surface area contributed by atoms with Gasteiger partial charge in [-0.05, 0) is 23.8 Å². The van der Waals surface area contributed by atoms with Crippen LogP contribution in [0.3, 0.4) is 0 Å². The van der Waals surface area contributed by atoms with Crippen molar-refractivity contribution in [2.45, 2.75) is 0 Å². The van der Waals surface area contributed by atoms with Gasteiger partial charge in [0.2, 0.25) is 5.69 Å². The van der Waals surface area contributed by atoms with E-state index in [1.165, 1.54) is 12.1 Å². The maximum absolute atomic E-state index is 14.2. The van der Waals surface area contributed by atoms with Crippen LogP contribution in [0.25, 0.3) is 38.7 Å². The van der Waals surface area contributed by atoms with Gasteiger partial charge in [-0.15, -0.1) is 0 Å². The number of nitriles is 1. The predicted octanol–water partition coefficient (Wildman–Crippen LogP) is 6.04. The Hall–Kier alpha value is -4.35. The first-order chi connectivity index (χ1) is 14.2.